The number of benzene rings is 1. The van der Waals surface area contributed by atoms with E-state index in [2.05, 4.69) is 5.32 Å². The number of halogens is 1. The molecule has 1 rings (SSSR count). The van der Waals surface area contributed by atoms with E-state index in [1.54, 1.807) is 11.9 Å². The highest BCUT2D eigenvalue weighted by Gasteiger charge is 2.09. The number of amides is 1. The summed E-state index contributed by atoms with van der Waals surface area (Å²) in [5.74, 6) is -0.886. The third-order valence-electron chi connectivity index (χ3n) is 2.16. The van der Waals surface area contributed by atoms with Gasteiger partial charge in [-0.25, -0.2) is 4.39 Å². The zero-order valence-corrected chi connectivity index (χ0v) is 9.61. The number of nitrogen functional groups attached to an aromatic ring is 1. The van der Waals surface area contributed by atoms with Crippen LogP contribution in [0.25, 0.3) is 0 Å². The summed E-state index contributed by atoms with van der Waals surface area (Å²) in [5.41, 5.74) is 5.93. The molecule has 0 spiro atoms. The maximum absolute atomic E-state index is 13.3. The van der Waals surface area contributed by atoms with Crippen molar-refractivity contribution in [1.82, 2.24) is 4.90 Å². The number of likely N-dealkylation sites (N-methyl/N-ethyl adjacent to an activating group) is 1. The number of carbonyl (C=O) groups excluding carboxylic acids is 1. The number of aliphatic hydroxyl groups excluding tert-OH is 1. The standard InChI is InChI=1S/C11H16FN3O2/c1-15(4-5-16)7-11(17)14-10-6-8(13)2-3-9(10)12/h2-3,6,16H,4-5,7,13H2,1H3,(H,14,17). The summed E-state index contributed by atoms with van der Waals surface area (Å²) in [5, 5.41) is 11.1. The smallest absolute Gasteiger partial charge is 0.238 e. The minimum absolute atomic E-state index is 0.0313. The van der Waals surface area contributed by atoms with Crippen LogP contribution in [-0.2, 0) is 4.79 Å². The molecule has 0 aliphatic heterocycles. The van der Waals surface area contributed by atoms with Crippen LogP contribution in [-0.4, -0.2) is 42.7 Å². The Kier molecular flexibility index (Phi) is 4.86. The Labute approximate surface area is 99.0 Å². The second-order valence-corrected chi connectivity index (χ2v) is 3.75. The normalized spacial score (nSPS) is 10.6. The van der Waals surface area contributed by atoms with E-state index < -0.39 is 5.82 Å². The highest BCUT2D eigenvalue weighted by atomic mass is 19.1. The molecule has 1 aromatic rings. The van der Waals surface area contributed by atoms with Crippen molar-refractivity contribution in [2.24, 2.45) is 0 Å². The molecule has 94 valence electrons. The van der Waals surface area contributed by atoms with E-state index in [4.69, 9.17) is 10.8 Å². The third kappa shape index (κ3) is 4.38. The van der Waals surface area contributed by atoms with Gasteiger partial charge in [-0.05, 0) is 25.2 Å². The molecule has 4 N–H and O–H groups in total. The first-order valence-electron chi connectivity index (χ1n) is 5.17. The lowest BCUT2D eigenvalue weighted by Crippen LogP contribution is -2.32. The van der Waals surface area contributed by atoms with Gasteiger partial charge in [0.25, 0.3) is 0 Å². The number of nitrogens with zero attached hydrogens (tertiary/aromatic N) is 1. The predicted octanol–water partition coefficient (Wildman–Crippen LogP) is 0.270. The second kappa shape index (κ2) is 6.17. The molecule has 0 aliphatic rings. The average Bonchev–Trinajstić information content (AvgIpc) is 2.23. The zero-order valence-electron chi connectivity index (χ0n) is 9.61. The largest absolute Gasteiger partial charge is 0.399 e. The molecule has 6 heteroatoms. The van der Waals surface area contributed by atoms with Gasteiger partial charge in [-0.3, -0.25) is 9.69 Å². The summed E-state index contributed by atoms with van der Waals surface area (Å²) < 4.78 is 13.3. The molecule has 0 aromatic heterocycles. The second-order valence-electron chi connectivity index (χ2n) is 3.75. The van der Waals surface area contributed by atoms with E-state index in [0.29, 0.717) is 12.2 Å². The van der Waals surface area contributed by atoms with Gasteiger partial charge in [-0.15, -0.1) is 0 Å². The Hall–Kier alpha value is -1.66. The van der Waals surface area contributed by atoms with Crippen molar-refractivity contribution < 1.29 is 14.3 Å². The van der Waals surface area contributed by atoms with Gasteiger partial charge in [-0.1, -0.05) is 0 Å². The summed E-state index contributed by atoms with van der Waals surface area (Å²) in [6.45, 7) is 0.429. The van der Waals surface area contributed by atoms with Gasteiger partial charge in [0.1, 0.15) is 5.82 Å². The van der Waals surface area contributed by atoms with Crippen LogP contribution in [0.4, 0.5) is 15.8 Å². The summed E-state index contributed by atoms with van der Waals surface area (Å²) in [6, 6.07) is 3.98. The molecule has 0 saturated carbocycles. The van der Waals surface area contributed by atoms with Gasteiger partial charge in [-0.2, -0.15) is 0 Å². The Morgan fingerprint density at radius 3 is 2.94 bits per heavy atom. The number of anilines is 2. The Morgan fingerprint density at radius 2 is 2.29 bits per heavy atom. The molecule has 0 radical (unpaired) electrons. The Bertz CT molecular complexity index is 398. The van der Waals surface area contributed by atoms with E-state index in [1.165, 1.54) is 18.2 Å². The molecule has 0 atom stereocenters. The number of hydrogen-bond donors (Lipinski definition) is 3. The van der Waals surface area contributed by atoms with E-state index in [-0.39, 0.29) is 24.7 Å². The number of hydrogen-bond acceptors (Lipinski definition) is 4. The number of nitrogens with one attached hydrogen (secondary N) is 1. The fourth-order valence-electron chi connectivity index (χ4n) is 1.32. The lowest BCUT2D eigenvalue weighted by atomic mass is 10.2. The molecule has 1 aromatic carbocycles. The molecule has 1 amide bonds. The number of nitrogens with two attached hydrogens (primary N) is 1. The third-order valence-corrected chi connectivity index (χ3v) is 2.16. The van der Waals surface area contributed by atoms with Crippen LogP contribution in [0.2, 0.25) is 0 Å². The molecule has 0 fully saturated rings. The van der Waals surface area contributed by atoms with Crippen LogP contribution >= 0.6 is 0 Å². The molecule has 17 heavy (non-hydrogen) atoms. The van der Waals surface area contributed by atoms with Crippen LogP contribution in [0, 0.1) is 5.82 Å². The molecule has 0 unspecified atom stereocenters. The summed E-state index contributed by atoms with van der Waals surface area (Å²) >= 11 is 0. The van der Waals surface area contributed by atoms with E-state index >= 15 is 0 Å². The maximum Gasteiger partial charge on any atom is 0.238 e. The van der Waals surface area contributed by atoms with E-state index in [1.807, 2.05) is 0 Å². The summed E-state index contributed by atoms with van der Waals surface area (Å²) in [4.78, 5) is 13.1. The van der Waals surface area contributed by atoms with E-state index in [9.17, 15) is 9.18 Å². The fourth-order valence-corrected chi connectivity index (χ4v) is 1.32. The molecule has 0 saturated heterocycles. The average molecular weight is 241 g/mol. The van der Waals surface area contributed by atoms with Gasteiger partial charge in [0.2, 0.25) is 5.91 Å². The predicted molar refractivity (Wildman–Crippen MR) is 64.0 cm³/mol. The minimum Gasteiger partial charge on any atom is -0.399 e. The summed E-state index contributed by atoms with van der Waals surface area (Å²) in [6.07, 6.45) is 0. The molecule has 0 bridgehead atoms. The lowest BCUT2D eigenvalue weighted by Gasteiger charge is -2.14. The molecule has 0 heterocycles. The monoisotopic (exact) mass is 241 g/mol. The number of rotatable bonds is 5. The van der Waals surface area contributed by atoms with Crippen LogP contribution in [0.3, 0.4) is 0 Å². The van der Waals surface area contributed by atoms with Gasteiger partial charge in [0.15, 0.2) is 0 Å². The fraction of sp³-hybridized carbons (Fsp3) is 0.364. The quantitative estimate of drug-likeness (QED) is 0.647. The van der Waals surface area contributed by atoms with E-state index in [0.717, 1.165) is 0 Å². The number of aliphatic hydroxyl groups is 1. The maximum atomic E-state index is 13.3. The van der Waals surface area contributed by atoms with Crippen molar-refractivity contribution >= 4 is 17.3 Å². The van der Waals surface area contributed by atoms with Gasteiger partial charge >= 0.3 is 0 Å². The first kappa shape index (κ1) is 13.4. The SMILES string of the molecule is CN(CCO)CC(=O)Nc1cc(N)ccc1F. The Morgan fingerprint density at radius 1 is 1.59 bits per heavy atom. The van der Waals surface area contributed by atoms with Crippen LogP contribution in [0.15, 0.2) is 18.2 Å². The van der Waals surface area contributed by atoms with Gasteiger partial charge < -0.3 is 16.2 Å². The van der Waals surface area contributed by atoms with Crippen molar-refractivity contribution in [2.45, 2.75) is 0 Å². The highest BCUT2D eigenvalue weighted by Crippen LogP contribution is 2.17. The molecular weight excluding hydrogens is 225 g/mol. The van der Waals surface area contributed by atoms with Crippen molar-refractivity contribution in [3.05, 3.63) is 24.0 Å². The van der Waals surface area contributed by atoms with Crippen LogP contribution in [0.1, 0.15) is 0 Å². The van der Waals surface area contributed by atoms with Crippen LogP contribution in [0.5, 0.6) is 0 Å². The summed E-state index contributed by atoms with van der Waals surface area (Å²) in [7, 11) is 1.69. The van der Waals surface area contributed by atoms with Crippen molar-refractivity contribution in [1.29, 1.82) is 0 Å². The molecule has 0 aliphatic carbocycles. The Balaban J connectivity index is 2.58. The van der Waals surface area contributed by atoms with Crippen molar-refractivity contribution in [3.8, 4) is 0 Å². The van der Waals surface area contributed by atoms with Crippen molar-refractivity contribution in [3.63, 3.8) is 0 Å². The molecular formula is C11H16FN3O2. The first-order valence-corrected chi connectivity index (χ1v) is 5.17. The lowest BCUT2D eigenvalue weighted by molar-refractivity contribution is -0.117. The topological polar surface area (TPSA) is 78.6 Å². The number of carbonyl (C=O) groups is 1. The van der Waals surface area contributed by atoms with Crippen LogP contribution < -0.4 is 11.1 Å². The minimum atomic E-state index is -0.530. The van der Waals surface area contributed by atoms with Crippen molar-refractivity contribution in [2.75, 3.05) is 37.8 Å². The highest BCUT2D eigenvalue weighted by molar-refractivity contribution is 5.92. The first-order chi connectivity index (χ1) is 8.02. The zero-order chi connectivity index (χ0) is 12.8. The molecule has 5 nitrogen and oxygen atoms in total. The van der Waals surface area contributed by atoms with Gasteiger partial charge in [0.05, 0.1) is 18.8 Å². The van der Waals surface area contributed by atoms with Gasteiger partial charge in [0, 0.05) is 12.2 Å².